The van der Waals surface area contributed by atoms with Crippen molar-refractivity contribution < 1.29 is 14.5 Å². The van der Waals surface area contributed by atoms with E-state index in [0.29, 0.717) is 18.7 Å². The van der Waals surface area contributed by atoms with Crippen LogP contribution in [0.3, 0.4) is 0 Å². The number of carbonyl (C=O) groups is 2. The Morgan fingerprint density at radius 3 is 2.52 bits per heavy atom. The van der Waals surface area contributed by atoms with Crippen LogP contribution in [-0.2, 0) is 18.4 Å². The van der Waals surface area contributed by atoms with Crippen molar-refractivity contribution in [1.82, 2.24) is 14.4 Å². The van der Waals surface area contributed by atoms with Gasteiger partial charge in [-0.25, -0.2) is 0 Å². The van der Waals surface area contributed by atoms with Crippen molar-refractivity contribution in [3.05, 3.63) is 63.5 Å². The summed E-state index contributed by atoms with van der Waals surface area (Å²) in [6.45, 7) is 6.79. The fraction of sp³-hybridized carbons (Fsp3) is 0.478. The van der Waals surface area contributed by atoms with Gasteiger partial charge in [0.2, 0.25) is 5.91 Å². The van der Waals surface area contributed by atoms with Gasteiger partial charge >= 0.3 is 0 Å². The first-order valence-electron chi connectivity index (χ1n) is 10.6. The van der Waals surface area contributed by atoms with E-state index in [1.165, 1.54) is 6.07 Å². The normalized spacial score (nSPS) is 13.3. The number of nitro groups is 1. The summed E-state index contributed by atoms with van der Waals surface area (Å²) in [5.74, 6) is -0.159. The van der Waals surface area contributed by atoms with Crippen LogP contribution in [-0.4, -0.2) is 50.2 Å². The molecule has 1 saturated carbocycles. The van der Waals surface area contributed by atoms with Crippen LogP contribution in [0.4, 0.5) is 5.69 Å². The van der Waals surface area contributed by atoms with Crippen LogP contribution in [0.2, 0.25) is 0 Å². The number of aryl methyl sites for hydroxylation is 2. The Bertz CT molecular complexity index is 978. The Balaban J connectivity index is 1.80. The molecule has 1 aromatic carbocycles. The molecule has 8 heteroatoms. The quantitative estimate of drug-likeness (QED) is 0.453. The second-order valence-corrected chi connectivity index (χ2v) is 8.70. The van der Waals surface area contributed by atoms with Gasteiger partial charge in [0.1, 0.15) is 6.54 Å². The number of aromatic nitrogens is 1. The van der Waals surface area contributed by atoms with Crippen molar-refractivity contribution >= 4 is 17.5 Å². The maximum Gasteiger partial charge on any atom is 0.273 e. The molecule has 0 saturated heterocycles. The number of hydrogen-bond donors (Lipinski definition) is 0. The molecule has 2 amide bonds. The Morgan fingerprint density at radius 1 is 1.26 bits per heavy atom. The van der Waals surface area contributed by atoms with Crippen LogP contribution in [0.25, 0.3) is 0 Å². The zero-order valence-electron chi connectivity index (χ0n) is 18.6. The molecule has 1 heterocycles. The fourth-order valence-corrected chi connectivity index (χ4v) is 3.66. The lowest BCUT2D eigenvalue weighted by atomic mass is 10.1. The monoisotopic (exact) mass is 426 g/mol. The second-order valence-electron chi connectivity index (χ2n) is 8.70. The van der Waals surface area contributed by atoms with E-state index >= 15 is 0 Å². The lowest BCUT2D eigenvalue weighted by molar-refractivity contribution is -0.385. The molecule has 3 rings (SSSR count). The molecule has 31 heavy (non-hydrogen) atoms. The molecule has 0 radical (unpaired) electrons. The van der Waals surface area contributed by atoms with Gasteiger partial charge in [0.05, 0.1) is 11.5 Å². The van der Waals surface area contributed by atoms with Gasteiger partial charge in [0.15, 0.2) is 0 Å². The summed E-state index contributed by atoms with van der Waals surface area (Å²) in [7, 11) is 1.94. The summed E-state index contributed by atoms with van der Waals surface area (Å²) >= 11 is 0. The fourth-order valence-electron chi connectivity index (χ4n) is 3.66. The number of rotatable bonds is 9. The summed E-state index contributed by atoms with van der Waals surface area (Å²) in [5, 5.41) is 11.3. The zero-order valence-corrected chi connectivity index (χ0v) is 18.6. The first-order chi connectivity index (χ1) is 14.7. The maximum atomic E-state index is 13.2. The highest BCUT2D eigenvalue weighted by atomic mass is 16.6. The SMILES string of the molecule is Cc1ccc(C(=O)N(CC(=O)N(Cc2cccn2C)CC(C)C)C2CC2)cc1[N+](=O)[O-]. The highest BCUT2D eigenvalue weighted by Gasteiger charge is 2.36. The molecule has 0 N–H and O–H groups in total. The number of nitrogens with zero attached hydrogens (tertiary/aromatic N) is 4. The van der Waals surface area contributed by atoms with Gasteiger partial charge in [-0.05, 0) is 43.9 Å². The summed E-state index contributed by atoms with van der Waals surface area (Å²) in [6.07, 6.45) is 3.63. The number of carbonyl (C=O) groups excluding carboxylic acids is 2. The van der Waals surface area contributed by atoms with E-state index in [-0.39, 0.29) is 41.6 Å². The minimum absolute atomic E-state index is 0.00717. The van der Waals surface area contributed by atoms with Gasteiger partial charge in [-0.1, -0.05) is 19.9 Å². The molecule has 0 aliphatic heterocycles. The molecule has 2 aromatic rings. The average molecular weight is 427 g/mol. The average Bonchev–Trinajstić information content (AvgIpc) is 3.47. The molecular formula is C23H30N4O4. The van der Waals surface area contributed by atoms with Crippen LogP contribution in [0.15, 0.2) is 36.5 Å². The molecule has 1 aliphatic rings. The van der Waals surface area contributed by atoms with Crippen molar-refractivity contribution in [2.75, 3.05) is 13.1 Å². The van der Waals surface area contributed by atoms with Gasteiger partial charge in [-0.3, -0.25) is 19.7 Å². The van der Waals surface area contributed by atoms with Crippen molar-refractivity contribution in [2.45, 2.75) is 46.2 Å². The van der Waals surface area contributed by atoms with E-state index < -0.39 is 4.92 Å². The van der Waals surface area contributed by atoms with Crippen LogP contribution in [0, 0.1) is 23.0 Å². The summed E-state index contributed by atoms with van der Waals surface area (Å²) < 4.78 is 1.98. The molecule has 8 nitrogen and oxygen atoms in total. The van der Waals surface area contributed by atoms with Crippen LogP contribution in [0.5, 0.6) is 0 Å². The van der Waals surface area contributed by atoms with Crippen LogP contribution in [0.1, 0.15) is 48.3 Å². The predicted octanol–water partition coefficient (Wildman–Crippen LogP) is 3.53. The summed E-state index contributed by atoms with van der Waals surface area (Å²) in [5.41, 5.74) is 1.68. The largest absolute Gasteiger partial charge is 0.353 e. The Labute approximate surface area is 182 Å². The molecule has 0 spiro atoms. The van der Waals surface area contributed by atoms with E-state index in [9.17, 15) is 19.7 Å². The first-order valence-corrected chi connectivity index (χ1v) is 10.6. The van der Waals surface area contributed by atoms with E-state index in [1.807, 2.05) is 29.9 Å². The van der Waals surface area contributed by atoms with Crippen molar-refractivity contribution in [2.24, 2.45) is 13.0 Å². The maximum absolute atomic E-state index is 13.2. The van der Waals surface area contributed by atoms with Crippen LogP contribution >= 0.6 is 0 Å². The highest BCUT2D eigenvalue weighted by molar-refractivity contribution is 5.97. The molecule has 0 atom stereocenters. The van der Waals surface area contributed by atoms with Crippen molar-refractivity contribution in [1.29, 1.82) is 0 Å². The van der Waals surface area contributed by atoms with Gasteiger partial charge in [-0.2, -0.15) is 0 Å². The highest BCUT2D eigenvalue weighted by Crippen LogP contribution is 2.29. The molecule has 1 fully saturated rings. The minimum atomic E-state index is -0.483. The third-order valence-electron chi connectivity index (χ3n) is 5.55. The Kier molecular flexibility index (Phi) is 6.77. The number of benzene rings is 1. The first kappa shape index (κ1) is 22.5. The van der Waals surface area contributed by atoms with E-state index in [4.69, 9.17) is 0 Å². The molecule has 1 aromatic heterocycles. The molecule has 1 aliphatic carbocycles. The number of nitro benzene ring substituents is 1. The summed E-state index contributed by atoms with van der Waals surface area (Å²) in [6, 6.07) is 8.42. The Hall–Kier alpha value is -3.16. The second kappa shape index (κ2) is 9.32. The van der Waals surface area contributed by atoms with Gasteiger partial charge in [-0.15, -0.1) is 0 Å². The molecular weight excluding hydrogens is 396 g/mol. The smallest absolute Gasteiger partial charge is 0.273 e. The topological polar surface area (TPSA) is 88.7 Å². The zero-order chi connectivity index (χ0) is 22.7. The van der Waals surface area contributed by atoms with Gasteiger partial charge in [0, 0.05) is 48.7 Å². The number of amides is 2. The summed E-state index contributed by atoms with van der Waals surface area (Å²) in [4.78, 5) is 40.6. The molecule has 0 bridgehead atoms. The third kappa shape index (κ3) is 5.51. The standard InChI is InChI=1S/C23H30N4O4/c1-16(2)13-25(14-20-6-5-11-24(20)4)22(28)15-26(19-9-10-19)23(29)18-8-7-17(3)21(12-18)27(30)31/h5-8,11-12,16,19H,9-10,13-15H2,1-4H3. The van der Waals surface area contributed by atoms with E-state index in [1.54, 1.807) is 28.9 Å². The predicted molar refractivity (Wildman–Crippen MR) is 118 cm³/mol. The molecule has 166 valence electrons. The molecule has 0 unspecified atom stereocenters. The Morgan fingerprint density at radius 2 is 1.97 bits per heavy atom. The third-order valence-corrected chi connectivity index (χ3v) is 5.55. The van der Waals surface area contributed by atoms with Crippen molar-refractivity contribution in [3.8, 4) is 0 Å². The lowest BCUT2D eigenvalue weighted by Crippen LogP contribution is -2.45. The van der Waals surface area contributed by atoms with Gasteiger partial charge in [0.25, 0.3) is 11.6 Å². The minimum Gasteiger partial charge on any atom is -0.353 e. The van der Waals surface area contributed by atoms with E-state index in [2.05, 4.69) is 13.8 Å². The number of hydrogen-bond acceptors (Lipinski definition) is 4. The van der Waals surface area contributed by atoms with Crippen molar-refractivity contribution in [3.63, 3.8) is 0 Å². The lowest BCUT2D eigenvalue weighted by Gasteiger charge is -2.29. The van der Waals surface area contributed by atoms with Gasteiger partial charge < -0.3 is 14.4 Å². The van der Waals surface area contributed by atoms with E-state index in [0.717, 1.165) is 18.5 Å². The van der Waals surface area contributed by atoms with Crippen LogP contribution < -0.4 is 0 Å².